The number of amides is 1. The molecule has 0 spiro atoms. The molecule has 0 radical (unpaired) electrons. The van der Waals surface area contributed by atoms with E-state index in [1.54, 1.807) is 18.2 Å². The van der Waals surface area contributed by atoms with Crippen LogP contribution in [-0.4, -0.2) is 19.2 Å². The molecule has 0 atom stereocenters. The predicted molar refractivity (Wildman–Crippen MR) is 133 cm³/mol. The van der Waals surface area contributed by atoms with Gasteiger partial charge in [-0.3, -0.25) is 4.79 Å². The summed E-state index contributed by atoms with van der Waals surface area (Å²) in [6, 6.07) is 24.0. The molecule has 4 aromatic carbocycles. The molecule has 7 heteroatoms. The number of carbonyl (C=O) groups excluding carboxylic acids is 1. The van der Waals surface area contributed by atoms with E-state index in [0.717, 1.165) is 16.3 Å². The molecule has 0 aliphatic rings. The first-order chi connectivity index (χ1) is 16.0. The van der Waals surface area contributed by atoms with Crippen LogP contribution >= 0.6 is 23.2 Å². The minimum Gasteiger partial charge on any atom is -0.496 e. The number of halogens is 2. The number of rotatable bonds is 7. The zero-order valence-electron chi connectivity index (χ0n) is 17.7. The molecule has 0 aliphatic heterocycles. The number of hydrogen-bond acceptors (Lipinski definition) is 4. The van der Waals surface area contributed by atoms with Gasteiger partial charge in [0.1, 0.15) is 18.1 Å². The van der Waals surface area contributed by atoms with Crippen LogP contribution in [-0.2, 0) is 6.61 Å². The van der Waals surface area contributed by atoms with Gasteiger partial charge in [-0.05, 0) is 47.2 Å². The molecule has 1 amide bonds. The van der Waals surface area contributed by atoms with Crippen molar-refractivity contribution in [1.29, 1.82) is 0 Å². The second-order valence-corrected chi connectivity index (χ2v) is 8.00. The molecule has 5 nitrogen and oxygen atoms in total. The Morgan fingerprint density at radius 1 is 0.939 bits per heavy atom. The fraction of sp³-hybridized carbons (Fsp3) is 0.0769. The summed E-state index contributed by atoms with van der Waals surface area (Å²) >= 11 is 12.2. The molecule has 4 aromatic rings. The molecular formula is C26H20Cl2N2O3. The Hall–Kier alpha value is -3.54. The van der Waals surface area contributed by atoms with E-state index in [9.17, 15) is 4.79 Å². The lowest BCUT2D eigenvalue weighted by molar-refractivity contribution is 0.0952. The number of carbonyl (C=O) groups is 1. The standard InChI is InChI=1S/C26H20Cl2N2O3/c1-32-25-13-18-7-3-2-6-17(18)12-22(25)26(31)30-29-15-19-8-4-5-9-24(19)33-16-20-10-11-21(27)14-23(20)28/h2-15H,16H2,1H3,(H,30,31)/b29-15-. The Bertz CT molecular complexity index is 1340. The first-order valence-corrected chi connectivity index (χ1v) is 10.9. The smallest absolute Gasteiger partial charge is 0.275 e. The summed E-state index contributed by atoms with van der Waals surface area (Å²) in [5.74, 6) is 0.704. The van der Waals surface area contributed by atoms with E-state index in [1.165, 1.54) is 13.3 Å². The van der Waals surface area contributed by atoms with Gasteiger partial charge in [0, 0.05) is 21.2 Å². The Balaban J connectivity index is 1.48. The van der Waals surface area contributed by atoms with Crippen molar-refractivity contribution in [3.05, 3.63) is 106 Å². The van der Waals surface area contributed by atoms with E-state index in [0.29, 0.717) is 32.7 Å². The van der Waals surface area contributed by atoms with Crippen LogP contribution in [0.3, 0.4) is 0 Å². The van der Waals surface area contributed by atoms with E-state index < -0.39 is 0 Å². The maximum atomic E-state index is 12.8. The third-order valence-electron chi connectivity index (χ3n) is 5.00. The molecule has 0 aliphatic carbocycles. The third-order valence-corrected chi connectivity index (χ3v) is 5.59. The topological polar surface area (TPSA) is 59.9 Å². The largest absolute Gasteiger partial charge is 0.496 e. The van der Waals surface area contributed by atoms with Gasteiger partial charge in [-0.25, -0.2) is 5.43 Å². The molecule has 4 rings (SSSR count). The number of benzene rings is 4. The number of nitrogens with zero attached hydrogens (tertiary/aromatic N) is 1. The Morgan fingerprint density at radius 3 is 2.42 bits per heavy atom. The van der Waals surface area contributed by atoms with E-state index in [4.69, 9.17) is 32.7 Å². The SMILES string of the molecule is COc1cc2ccccc2cc1C(=O)N/N=C\c1ccccc1OCc1ccc(Cl)cc1Cl. The van der Waals surface area contributed by atoms with Gasteiger partial charge in [0.15, 0.2) is 0 Å². The van der Waals surface area contributed by atoms with Crippen LogP contribution in [0.2, 0.25) is 10.0 Å². The van der Waals surface area contributed by atoms with Gasteiger partial charge in [-0.15, -0.1) is 0 Å². The number of fused-ring (bicyclic) bond motifs is 1. The van der Waals surface area contributed by atoms with Gasteiger partial charge >= 0.3 is 0 Å². The van der Waals surface area contributed by atoms with Crippen molar-refractivity contribution in [3.8, 4) is 11.5 Å². The molecule has 0 aromatic heterocycles. The van der Waals surface area contributed by atoms with E-state index >= 15 is 0 Å². The number of para-hydroxylation sites is 1. The van der Waals surface area contributed by atoms with Crippen LogP contribution < -0.4 is 14.9 Å². The van der Waals surface area contributed by atoms with Gasteiger partial charge < -0.3 is 9.47 Å². The molecule has 33 heavy (non-hydrogen) atoms. The minimum absolute atomic E-state index is 0.265. The van der Waals surface area contributed by atoms with Crippen LogP contribution in [0.25, 0.3) is 10.8 Å². The summed E-state index contributed by atoms with van der Waals surface area (Å²) in [4.78, 5) is 12.8. The molecule has 0 heterocycles. The maximum absolute atomic E-state index is 12.8. The molecule has 0 saturated carbocycles. The fourth-order valence-electron chi connectivity index (χ4n) is 3.30. The molecule has 0 unspecified atom stereocenters. The van der Waals surface area contributed by atoms with Crippen LogP contribution in [0.15, 0.2) is 84.0 Å². The number of nitrogens with one attached hydrogen (secondary N) is 1. The zero-order valence-corrected chi connectivity index (χ0v) is 19.2. The fourth-order valence-corrected chi connectivity index (χ4v) is 3.76. The Labute approximate surface area is 201 Å². The highest BCUT2D eigenvalue weighted by atomic mass is 35.5. The first kappa shape index (κ1) is 22.6. The van der Waals surface area contributed by atoms with Crippen molar-refractivity contribution in [3.63, 3.8) is 0 Å². The van der Waals surface area contributed by atoms with Crippen molar-refractivity contribution in [1.82, 2.24) is 5.43 Å². The molecule has 166 valence electrons. The van der Waals surface area contributed by atoms with Crippen molar-refractivity contribution in [2.45, 2.75) is 6.61 Å². The van der Waals surface area contributed by atoms with Crippen LogP contribution in [0.1, 0.15) is 21.5 Å². The lowest BCUT2D eigenvalue weighted by Gasteiger charge is -2.11. The number of hydrazone groups is 1. The van der Waals surface area contributed by atoms with Crippen molar-refractivity contribution in [2.24, 2.45) is 5.10 Å². The van der Waals surface area contributed by atoms with Crippen molar-refractivity contribution < 1.29 is 14.3 Å². The van der Waals surface area contributed by atoms with E-state index in [2.05, 4.69) is 10.5 Å². The Kier molecular flexibility index (Phi) is 7.13. The summed E-state index contributed by atoms with van der Waals surface area (Å²) < 4.78 is 11.3. The highest BCUT2D eigenvalue weighted by molar-refractivity contribution is 6.35. The van der Waals surface area contributed by atoms with E-state index in [1.807, 2.05) is 60.7 Å². The van der Waals surface area contributed by atoms with Crippen LogP contribution in [0.5, 0.6) is 11.5 Å². The van der Waals surface area contributed by atoms with Crippen LogP contribution in [0, 0.1) is 0 Å². The average molecular weight is 479 g/mol. The van der Waals surface area contributed by atoms with Gasteiger partial charge in [0.2, 0.25) is 0 Å². The second-order valence-electron chi connectivity index (χ2n) is 7.16. The van der Waals surface area contributed by atoms with Gasteiger partial charge in [-0.2, -0.15) is 5.10 Å². The lowest BCUT2D eigenvalue weighted by Crippen LogP contribution is -2.18. The summed E-state index contributed by atoms with van der Waals surface area (Å²) in [6.45, 7) is 0.265. The van der Waals surface area contributed by atoms with Gasteiger partial charge in [0.05, 0.1) is 18.9 Å². The Morgan fingerprint density at radius 2 is 1.67 bits per heavy atom. The van der Waals surface area contributed by atoms with Crippen LogP contribution in [0.4, 0.5) is 0 Å². The van der Waals surface area contributed by atoms with Gasteiger partial charge in [-0.1, -0.05) is 65.7 Å². The molecule has 0 bridgehead atoms. The summed E-state index contributed by atoms with van der Waals surface area (Å²) in [6.07, 6.45) is 1.53. The summed E-state index contributed by atoms with van der Waals surface area (Å²) in [7, 11) is 1.53. The monoisotopic (exact) mass is 478 g/mol. The third kappa shape index (κ3) is 5.45. The predicted octanol–water partition coefficient (Wildman–Crippen LogP) is 6.50. The second kappa shape index (κ2) is 10.4. The first-order valence-electron chi connectivity index (χ1n) is 10.1. The van der Waals surface area contributed by atoms with Crippen molar-refractivity contribution >= 4 is 46.1 Å². The zero-order chi connectivity index (χ0) is 23.2. The van der Waals surface area contributed by atoms with E-state index in [-0.39, 0.29) is 12.5 Å². The van der Waals surface area contributed by atoms with Gasteiger partial charge in [0.25, 0.3) is 5.91 Å². The molecule has 0 saturated heterocycles. The summed E-state index contributed by atoms with van der Waals surface area (Å²) in [5.41, 5.74) is 4.47. The minimum atomic E-state index is -0.375. The maximum Gasteiger partial charge on any atom is 0.275 e. The normalized spacial score (nSPS) is 11.0. The highest BCUT2D eigenvalue weighted by Gasteiger charge is 2.13. The van der Waals surface area contributed by atoms with Crippen molar-refractivity contribution in [2.75, 3.05) is 7.11 Å². The number of ether oxygens (including phenoxy) is 2. The quantitative estimate of drug-likeness (QED) is 0.243. The highest BCUT2D eigenvalue weighted by Crippen LogP contribution is 2.26. The average Bonchev–Trinajstić information content (AvgIpc) is 2.83. The molecule has 0 fully saturated rings. The lowest BCUT2D eigenvalue weighted by atomic mass is 10.1. The molecular weight excluding hydrogens is 459 g/mol. The summed E-state index contributed by atoms with van der Waals surface area (Å²) in [5, 5.41) is 7.14. The number of hydrogen-bond donors (Lipinski definition) is 1. The molecule has 1 N–H and O–H groups in total. The number of methoxy groups -OCH3 is 1.